The van der Waals surface area contributed by atoms with E-state index in [1.165, 1.54) is 54.4 Å². The molecule has 3 aromatic rings. The van der Waals surface area contributed by atoms with Gasteiger partial charge in [0.25, 0.3) is 0 Å². The Hall–Kier alpha value is -2.85. The molecule has 1 aliphatic rings. The van der Waals surface area contributed by atoms with Gasteiger partial charge in [-0.15, -0.1) is 0 Å². The van der Waals surface area contributed by atoms with E-state index in [0.29, 0.717) is 0 Å². The maximum atomic E-state index is 9.06. The third-order valence-electron chi connectivity index (χ3n) is 7.20. The van der Waals surface area contributed by atoms with Gasteiger partial charge < -0.3 is 0 Å². The van der Waals surface area contributed by atoms with Gasteiger partial charge in [0.1, 0.15) is 0 Å². The third-order valence-corrected chi connectivity index (χ3v) is 7.20. The molecule has 1 saturated carbocycles. The molecule has 0 saturated heterocycles. The van der Waals surface area contributed by atoms with E-state index in [9.17, 15) is 0 Å². The Morgan fingerprint density at radius 2 is 1.42 bits per heavy atom. The summed E-state index contributed by atoms with van der Waals surface area (Å²) in [7, 11) is 0. The van der Waals surface area contributed by atoms with Crippen molar-refractivity contribution in [2.75, 3.05) is 0 Å². The molecule has 0 unspecified atom stereocenters. The minimum Gasteiger partial charge on any atom is -0.192 e. The lowest BCUT2D eigenvalue weighted by Gasteiger charge is -2.28. The number of rotatable bonds is 6. The molecule has 0 aliphatic heterocycles. The lowest BCUT2D eigenvalue weighted by atomic mass is 9.78. The van der Waals surface area contributed by atoms with Crippen LogP contribution < -0.4 is 0 Å². The first kappa shape index (κ1) is 21.4. The van der Waals surface area contributed by atoms with Crippen LogP contribution in [0.4, 0.5) is 0 Å². The molecule has 0 bridgehead atoms. The normalized spacial score (nSPS) is 18.5. The quantitative estimate of drug-likeness (QED) is 0.406. The van der Waals surface area contributed by atoms with Crippen LogP contribution in [0.15, 0.2) is 66.7 Å². The maximum absolute atomic E-state index is 9.06. The van der Waals surface area contributed by atoms with Crippen LogP contribution in [0.2, 0.25) is 0 Å². The van der Waals surface area contributed by atoms with Crippen molar-refractivity contribution in [3.63, 3.8) is 0 Å². The van der Waals surface area contributed by atoms with E-state index in [1.807, 2.05) is 12.1 Å². The van der Waals surface area contributed by atoms with Crippen LogP contribution in [0.1, 0.15) is 72.8 Å². The zero-order valence-corrected chi connectivity index (χ0v) is 18.9. The number of aryl methyl sites for hydroxylation is 3. The molecule has 4 rings (SSSR count). The standard InChI is InChI=1S/C30H33N/c1-3-23-6-13-27(14-7-23)28-15-8-24(9-16-28)4-5-25-10-17-29(18-11-25)30-19-12-26(21-31)20-22(30)2/h8-12,15-20,23,27H,3-7,13-14H2,1-2H3. The van der Waals surface area contributed by atoms with E-state index < -0.39 is 0 Å². The van der Waals surface area contributed by atoms with Crippen molar-refractivity contribution < 1.29 is 0 Å². The van der Waals surface area contributed by atoms with Crippen molar-refractivity contribution in [1.82, 2.24) is 0 Å². The predicted molar refractivity (Wildman–Crippen MR) is 130 cm³/mol. The SMILES string of the molecule is CCC1CCC(c2ccc(CCc3ccc(-c4ccc(C#N)cc4C)cc3)cc2)CC1. The highest BCUT2D eigenvalue weighted by Gasteiger charge is 2.21. The number of hydrogen-bond acceptors (Lipinski definition) is 1. The van der Waals surface area contributed by atoms with Gasteiger partial charge in [-0.3, -0.25) is 0 Å². The van der Waals surface area contributed by atoms with Crippen molar-refractivity contribution in [3.05, 3.63) is 94.5 Å². The first-order valence-electron chi connectivity index (χ1n) is 11.8. The van der Waals surface area contributed by atoms with Gasteiger partial charge in [-0.05, 0) is 103 Å². The Morgan fingerprint density at radius 1 is 0.806 bits per heavy atom. The molecule has 0 spiro atoms. The van der Waals surface area contributed by atoms with Gasteiger partial charge >= 0.3 is 0 Å². The van der Waals surface area contributed by atoms with Crippen LogP contribution in [-0.2, 0) is 12.8 Å². The highest BCUT2D eigenvalue weighted by molar-refractivity contribution is 5.68. The first-order valence-corrected chi connectivity index (χ1v) is 11.8. The molecular formula is C30H33N. The van der Waals surface area contributed by atoms with E-state index in [0.717, 1.165) is 35.8 Å². The van der Waals surface area contributed by atoms with E-state index in [2.05, 4.69) is 74.5 Å². The summed E-state index contributed by atoms with van der Waals surface area (Å²) in [6, 6.07) is 26.5. The molecule has 1 fully saturated rings. The lowest BCUT2D eigenvalue weighted by molar-refractivity contribution is 0.319. The summed E-state index contributed by atoms with van der Waals surface area (Å²) in [5.41, 5.74) is 8.63. The monoisotopic (exact) mass is 407 g/mol. The Morgan fingerprint density at radius 3 is 1.97 bits per heavy atom. The molecule has 0 atom stereocenters. The Labute approximate surface area is 187 Å². The fraction of sp³-hybridized carbons (Fsp3) is 0.367. The minimum atomic E-state index is 0.720. The molecule has 31 heavy (non-hydrogen) atoms. The van der Waals surface area contributed by atoms with Crippen molar-refractivity contribution in [3.8, 4) is 17.2 Å². The second-order valence-electron chi connectivity index (χ2n) is 9.21. The van der Waals surface area contributed by atoms with E-state index >= 15 is 0 Å². The van der Waals surface area contributed by atoms with Gasteiger partial charge in [0.2, 0.25) is 0 Å². The number of nitriles is 1. The summed E-state index contributed by atoms with van der Waals surface area (Å²) in [4.78, 5) is 0. The van der Waals surface area contributed by atoms with Crippen molar-refractivity contribution in [2.24, 2.45) is 5.92 Å². The van der Waals surface area contributed by atoms with Crippen LogP contribution in [0.25, 0.3) is 11.1 Å². The number of hydrogen-bond donors (Lipinski definition) is 0. The largest absolute Gasteiger partial charge is 0.192 e. The molecule has 0 heterocycles. The van der Waals surface area contributed by atoms with Gasteiger partial charge in [0.05, 0.1) is 11.6 Å². The summed E-state index contributed by atoms with van der Waals surface area (Å²) in [5, 5.41) is 9.06. The Balaban J connectivity index is 1.34. The maximum Gasteiger partial charge on any atom is 0.0991 e. The van der Waals surface area contributed by atoms with Gasteiger partial charge in [0, 0.05) is 0 Å². The molecule has 1 heteroatoms. The van der Waals surface area contributed by atoms with Crippen LogP contribution in [-0.4, -0.2) is 0 Å². The second kappa shape index (κ2) is 9.97. The molecular weight excluding hydrogens is 374 g/mol. The van der Waals surface area contributed by atoms with Gasteiger partial charge in [-0.25, -0.2) is 0 Å². The fourth-order valence-corrected chi connectivity index (χ4v) is 5.06. The predicted octanol–water partition coefficient (Wildman–Crippen LogP) is 8.00. The average molecular weight is 408 g/mol. The summed E-state index contributed by atoms with van der Waals surface area (Å²) >= 11 is 0. The molecule has 0 N–H and O–H groups in total. The van der Waals surface area contributed by atoms with Crippen LogP contribution >= 0.6 is 0 Å². The van der Waals surface area contributed by atoms with Crippen LogP contribution in [0.5, 0.6) is 0 Å². The summed E-state index contributed by atoms with van der Waals surface area (Å²) in [6.45, 7) is 4.41. The molecule has 158 valence electrons. The third kappa shape index (κ3) is 5.26. The zero-order chi connectivity index (χ0) is 21.6. The minimum absolute atomic E-state index is 0.720. The number of benzene rings is 3. The average Bonchev–Trinajstić information content (AvgIpc) is 2.83. The summed E-state index contributed by atoms with van der Waals surface area (Å²) < 4.78 is 0. The molecule has 3 aromatic carbocycles. The summed E-state index contributed by atoms with van der Waals surface area (Å²) in [5.74, 6) is 1.73. The smallest absolute Gasteiger partial charge is 0.0991 e. The Kier molecular flexibility index (Phi) is 6.88. The Bertz CT molecular complexity index is 1030. The first-order chi connectivity index (χ1) is 15.2. The van der Waals surface area contributed by atoms with E-state index in [1.54, 1.807) is 5.56 Å². The molecule has 0 aromatic heterocycles. The van der Waals surface area contributed by atoms with Gasteiger partial charge in [0.15, 0.2) is 0 Å². The van der Waals surface area contributed by atoms with Crippen molar-refractivity contribution in [2.45, 2.75) is 64.7 Å². The van der Waals surface area contributed by atoms with Gasteiger partial charge in [-0.2, -0.15) is 5.26 Å². The van der Waals surface area contributed by atoms with Crippen LogP contribution in [0, 0.1) is 24.2 Å². The zero-order valence-electron chi connectivity index (χ0n) is 18.9. The highest BCUT2D eigenvalue weighted by Crippen LogP contribution is 2.37. The molecule has 1 nitrogen and oxygen atoms in total. The molecule has 0 amide bonds. The van der Waals surface area contributed by atoms with E-state index in [-0.39, 0.29) is 0 Å². The topological polar surface area (TPSA) is 23.8 Å². The van der Waals surface area contributed by atoms with E-state index in [4.69, 9.17) is 5.26 Å². The second-order valence-corrected chi connectivity index (χ2v) is 9.21. The number of nitrogens with zero attached hydrogens (tertiary/aromatic N) is 1. The fourth-order valence-electron chi connectivity index (χ4n) is 5.06. The highest BCUT2D eigenvalue weighted by atomic mass is 14.3. The van der Waals surface area contributed by atoms with Crippen LogP contribution in [0.3, 0.4) is 0 Å². The van der Waals surface area contributed by atoms with Crippen molar-refractivity contribution >= 4 is 0 Å². The van der Waals surface area contributed by atoms with Gasteiger partial charge in [-0.1, -0.05) is 67.9 Å². The molecule has 0 radical (unpaired) electrons. The molecule has 1 aliphatic carbocycles. The summed E-state index contributed by atoms with van der Waals surface area (Å²) in [6.07, 6.45) is 9.03. The lowest BCUT2D eigenvalue weighted by Crippen LogP contribution is -2.12. The van der Waals surface area contributed by atoms with Crippen molar-refractivity contribution in [1.29, 1.82) is 5.26 Å².